The van der Waals surface area contributed by atoms with Crippen molar-refractivity contribution in [2.24, 2.45) is 0 Å². The quantitative estimate of drug-likeness (QED) is 0.710. The molecule has 0 aliphatic carbocycles. The summed E-state index contributed by atoms with van der Waals surface area (Å²) >= 11 is 0. The molecule has 0 spiro atoms. The van der Waals surface area contributed by atoms with Crippen molar-refractivity contribution in [3.63, 3.8) is 0 Å². The van der Waals surface area contributed by atoms with Crippen LogP contribution < -0.4 is 0 Å². The minimum absolute atomic E-state index is 0.491. The van der Waals surface area contributed by atoms with Crippen LogP contribution in [0.15, 0.2) is 60.8 Å². The van der Waals surface area contributed by atoms with Gasteiger partial charge in [0.05, 0.1) is 11.6 Å². The first-order chi connectivity index (χ1) is 12.7. The van der Waals surface area contributed by atoms with E-state index in [2.05, 4.69) is 52.8 Å². The summed E-state index contributed by atoms with van der Waals surface area (Å²) in [5, 5.41) is 8.89. The summed E-state index contributed by atoms with van der Waals surface area (Å²) in [6.07, 6.45) is 1.99. The molecule has 0 saturated carbocycles. The van der Waals surface area contributed by atoms with Gasteiger partial charge in [0, 0.05) is 44.0 Å². The second-order valence-electron chi connectivity index (χ2n) is 7.03. The van der Waals surface area contributed by atoms with Crippen LogP contribution in [0.5, 0.6) is 0 Å². The standard InChI is InChI=1S/C22H22N4/c1-17-12-24-22(26(17)14-19-5-3-2-4-6-19)21-15-25(16-21)13-20-9-7-18(11-23)8-10-20/h2-10,12,21H,13-16H2,1H3. The van der Waals surface area contributed by atoms with Gasteiger partial charge in [-0.3, -0.25) is 4.90 Å². The van der Waals surface area contributed by atoms with E-state index in [9.17, 15) is 0 Å². The molecule has 0 unspecified atom stereocenters. The van der Waals surface area contributed by atoms with Crippen LogP contribution in [0.1, 0.15) is 34.1 Å². The normalized spacial score (nSPS) is 14.8. The smallest absolute Gasteiger partial charge is 0.114 e. The van der Waals surface area contributed by atoms with Crippen molar-refractivity contribution in [3.8, 4) is 6.07 Å². The first-order valence-electron chi connectivity index (χ1n) is 9.00. The zero-order valence-corrected chi connectivity index (χ0v) is 15.0. The van der Waals surface area contributed by atoms with Gasteiger partial charge in [0.2, 0.25) is 0 Å². The molecule has 4 rings (SSSR count). The van der Waals surface area contributed by atoms with Gasteiger partial charge in [0.15, 0.2) is 0 Å². The number of likely N-dealkylation sites (tertiary alicyclic amines) is 1. The predicted octanol–water partition coefficient (Wildman–Crippen LogP) is 3.71. The highest BCUT2D eigenvalue weighted by atomic mass is 15.2. The van der Waals surface area contributed by atoms with Gasteiger partial charge in [-0.15, -0.1) is 0 Å². The van der Waals surface area contributed by atoms with Gasteiger partial charge in [-0.2, -0.15) is 5.26 Å². The monoisotopic (exact) mass is 342 g/mol. The maximum Gasteiger partial charge on any atom is 0.114 e. The van der Waals surface area contributed by atoms with E-state index >= 15 is 0 Å². The maximum atomic E-state index is 8.89. The number of benzene rings is 2. The van der Waals surface area contributed by atoms with Crippen molar-refractivity contribution in [1.82, 2.24) is 14.5 Å². The summed E-state index contributed by atoms with van der Waals surface area (Å²) in [6.45, 7) is 6.01. The Bertz CT molecular complexity index is 913. The van der Waals surface area contributed by atoms with Crippen LogP contribution in [-0.2, 0) is 13.1 Å². The van der Waals surface area contributed by atoms with Crippen molar-refractivity contribution < 1.29 is 0 Å². The van der Waals surface area contributed by atoms with E-state index in [0.29, 0.717) is 11.5 Å². The van der Waals surface area contributed by atoms with Crippen LogP contribution in [0.4, 0.5) is 0 Å². The number of hydrogen-bond donors (Lipinski definition) is 0. The number of aromatic nitrogens is 2. The SMILES string of the molecule is Cc1cnc(C2CN(Cc3ccc(C#N)cc3)C2)n1Cc1ccccc1. The third-order valence-electron chi connectivity index (χ3n) is 5.08. The summed E-state index contributed by atoms with van der Waals surface area (Å²) in [5.74, 6) is 1.69. The van der Waals surface area contributed by atoms with Crippen molar-refractivity contribution in [3.05, 3.63) is 89.0 Å². The molecule has 4 nitrogen and oxygen atoms in total. The highest BCUT2D eigenvalue weighted by Crippen LogP contribution is 2.28. The van der Waals surface area contributed by atoms with E-state index < -0.39 is 0 Å². The molecule has 1 aromatic heterocycles. The second-order valence-corrected chi connectivity index (χ2v) is 7.03. The topological polar surface area (TPSA) is 44.9 Å². The number of rotatable bonds is 5. The van der Waals surface area contributed by atoms with E-state index in [1.165, 1.54) is 22.6 Å². The molecular formula is C22H22N4. The molecule has 0 bridgehead atoms. The first kappa shape index (κ1) is 16.6. The highest BCUT2D eigenvalue weighted by molar-refractivity contribution is 5.31. The average molecular weight is 342 g/mol. The number of aryl methyl sites for hydroxylation is 1. The third-order valence-corrected chi connectivity index (χ3v) is 5.08. The largest absolute Gasteiger partial charge is 0.328 e. The van der Waals surface area contributed by atoms with Gasteiger partial charge >= 0.3 is 0 Å². The minimum atomic E-state index is 0.491. The van der Waals surface area contributed by atoms with Crippen LogP contribution in [-0.4, -0.2) is 27.5 Å². The first-order valence-corrected chi connectivity index (χ1v) is 9.00. The van der Waals surface area contributed by atoms with Crippen molar-refractivity contribution in [2.75, 3.05) is 13.1 Å². The summed E-state index contributed by atoms with van der Waals surface area (Å²) in [6, 6.07) is 20.6. The maximum absolute atomic E-state index is 8.89. The van der Waals surface area contributed by atoms with Crippen molar-refractivity contribution in [1.29, 1.82) is 5.26 Å². The van der Waals surface area contributed by atoms with Crippen LogP contribution >= 0.6 is 0 Å². The Hall–Kier alpha value is -2.90. The summed E-state index contributed by atoms with van der Waals surface area (Å²) < 4.78 is 2.35. The van der Waals surface area contributed by atoms with Gasteiger partial charge in [-0.1, -0.05) is 42.5 Å². The molecular weight excluding hydrogens is 320 g/mol. The molecule has 2 heterocycles. The molecule has 2 aromatic carbocycles. The molecule has 1 aliphatic rings. The Morgan fingerprint density at radius 2 is 1.69 bits per heavy atom. The molecule has 130 valence electrons. The fraction of sp³-hybridized carbons (Fsp3) is 0.273. The Kier molecular flexibility index (Phi) is 4.55. The Morgan fingerprint density at radius 3 is 2.38 bits per heavy atom. The second kappa shape index (κ2) is 7.15. The van der Waals surface area contributed by atoms with E-state index in [-0.39, 0.29) is 0 Å². The lowest BCUT2D eigenvalue weighted by molar-refractivity contribution is 0.132. The van der Waals surface area contributed by atoms with Gasteiger partial charge in [-0.25, -0.2) is 4.98 Å². The van der Waals surface area contributed by atoms with Gasteiger partial charge in [0.25, 0.3) is 0 Å². The highest BCUT2D eigenvalue weighted by Gasteiger charge is 2.31. The van der Waals surface area contributed by atoms with Gasteiger partial charge < -0.3 is 4.57 Å². The number of imidazole rings is 1. The van der Waals surface area contributed by atoms with Crippen LogP contribution in [0.3, 0.4) is 0 Å². The van der Waals surface area contributed by atoms with Crippen molar-refractivity contribution in [2.45, 2.75) is 25.9 Å². The summed E-state index contributed by atoms with van der Waals surface area (Å²) in [5.41, 5.74) is 4.50. The minimum Gasteiger partial charge on any atom is -0.328 e. The van der Waals surface area contributed by atoms with Crippen LogP contribution in [0.25, 0.3) is 0 Å². The Labute approximate surface area is 154 Å². The van der Waals surface area contributed by atoms with Gasteiger partial charge in [-0.05, 0) is 30.2 Å². The zero-order chi connectivity index (χ0) is 17.9. The fourth-order valence-electron chi connectivity index (χ4n) is 3.58. The molecule has 4 heteroatoms. The lowest BCUT2D eigenvalue weighted by Gasteiger charge is -2.39. The third kappa shape index (κ3) is 3.40. The lowest BCUT2D eigenvalue weighted by Crippen LogP contribution is -2.45. The Morgan fingerprint density at radius 1 is 1.00 bits per heavy atom. The molecule has 0 N–H and O–H groups in total. The predicted molar refractivity (Wildman–Crippen MR) is 102 cm³/mol. The van der Waals surface area contributed by atoms with Gasteiger partial charge in [0.1, 0.15) is 5.82 Å². The number of nitrogens with zero attached hydrogens (tertiary/aromatic N) is 4. The molecule has 0 atom stereocenters. The average Bonchev–Trinajstić information content (AvgIpc) is 2.99. The summed E-state index contributed by atoms with van der Waals surface area (Å²) in [4.78, 5) is 7.13. The van der Waals surface area contributed by atoms with E-state index in [4.69, 9.17) is 10.2 Å². The molecule has 0 radical (unpaired) electrons. The molecule has 1 fully saturated rings. The molecule has 1 aliphatic heterocycles. The zero-order valence-electron chi connectivity index (χ0n) is 15.0. The van der Waals surface area contributed by atoms with E-state index in [1.54, 1.807) is 0 Å². The van der Waals surface area contributed by atoms with E-state index in [0.717, 1.165) is 26.2 Å². The van der Waals surface area contributed by atoms with Crippen LogP contribution in [0, 0.1) is 18.3 Å². The lowest BCUT2D eigenvalue weighted by atomic mass is 9.98. The molecule has 1 saturated heterocycles. The number of hydrogen-bond acceptors (Lipinski definition) is 3. The fourth-order valence-corrected chi connectivity index (χ4v) is 3.58. The van der Waals surface area contributed by atoms with Crippen molar-refractivity contribution >= 4 is 0 Å². The number of nitriles is 1. The van der Waals surface area contributed by atoms with E-state index in [1.807, 2.05) is 30.5 Å². The Balaban J connectivity index is 1.40. The van der Waals surface area contributed by atoms with Crippen LogP contribution in [0.2, 0.25) is 0 Å². The summed E-state index contributed by atoms with van der Waals surface area (Å²) in [7, 11) is 0. The molecule has 0 amide bonds. The molecule has 3 aromatic rings. The molecule has 26 heavy (non-hydrogen) atoms.